The van der Waals surface area contributed by atoms with Crippen LogP contribution in [0, 0.1) is 0 Å². The standard InChI is InChI=1S/C21H26N2O5/c24-18-12-17(13-22-6-9-26-10-7-22)28-20(21(18)25)15-23-8-11-27-19(14-23)16-4-2-1-3-5-16/h1-5,12,19,25H,6-11,13-15H2. The van der Waals surface area contributed by atoms with Gasteiger partial charge in [0.2, 0.25) is 11.2 Å². The number of nitrogens with zero attached hydrogens (tertiary/aromatic N) is 2. The lowest BCUT2D eigenvalue weighted by atomic mass is 10.1. The van der Waals surface area contributed by atoms with Gasteiger partial charge in [-0.1, -0.05) is 30.3 Å². The Morgan fingerprint density at radius 1 is 1.00 bits per heavy atom. The van der Waals surface area contributed by atoms with E-state index >= 15 is 0 Å². The molecule has 28 heavy (non-hydrogen) atoms. The minimum absolute atomic E-state index is 0.0275. The lowest BCUT2D eigenvalue weighted by molar-refractivity contribution is -0.0353. The zero-order valence-corrected chi connectivity index (χ0v) is 15.9. The highest BCUT2D eigenvalue weighted by Gasteiger charge is 2.24. The zero-order chi connectivity index (χ0) is 19.3. The van der Waals surface area contributed by atoms with E-state index in [-0.39, 0.29) is 11.9 Å². The summed E-state index contributed by atoms with van der Waals surface area (Å²) in [6, 6.07) is 11.5. The second kappa shape index (κ2) is 8.87. The van der Waals surface area contributed by atoms with Gasteiger partial charge in [0, 0.05) is 32.2 Å². The van der Waals surface area contributed by atoms with Crippen LogP contribution in [0.3, 0.4) is 0 Å². The minimum Gasteiger partial charge on any atom is -0.502 e. The molecule has 2 aliphatic heterocycles. The van der Waals surface area contributed by atoms with Crippen LogP contribution in [0.4, 0.5) is 0 Å². The second-order valence-corrected chi connectivity index (χ2v) is 7.24. The van der Waals surface area contributed by atoms with Crippen molar-refractivity contribution in [3.63, 3.8) is 0 Å². The summed E-state index contributed by atoms with van der Waals surface area (Å²) >= 11 is 0. The van der Waals surface area contributed by atoms with Gasteiger partial charge in [0.05, 0.1) is 39.0 Å². The Labute approximate surface area is 164 Å². The van der Waals surface area contributed by atoms with Crippen LogP contribution in [-0.2, 0) is 22.6 Å². The largest absolute Gasteiger partial charge is 0.502 e. The van der Waals surface area contributed by atoms with Crippen LogP contribution in [-0.4, -0.2) is 60.9 Å². The second-order valence-electron chi connectivity index (χ2n) is 7.24. The molecule has 0 spiro atoms. The number of hydrogen-bond donors (Lipinski definition) is 1. The Morgan fingerprint density at radius 3 is 2.54 bits per heavy atom. The molecule has 7 heteroatoms. The molecule has 2 aliphatic rings. The summed E-state index contributed by atoms with van der Waals surface area (Å²) < 4.78 is 17.2. The Morgan fingerprint density at radius 2 is 1.75 bits per heavy atom. The lowest BCUT2D eigenvalue weighted by Crippen LogP contribution is -2.38. The Hall–Kier alpha value is -2.19. The first kappa shape index (κ1) is 19.1. The third-order valence-corrected chi connectivity index (χ3v) is 5.22. The molecular weight excluding hydrogens is 360 g/mol. The van der Waals surface area contributed by atoms with Gasteiger partial charge in [-0.05, 0) is 5.56 Å². The van der Waals surface area contributed by atoms with Crippen molar-refractivity contribution in [3.05, 3.63) is 63.7 Å². The summed E-state index contributed by atoms with van der Waals surface area (Å²) in [6.07, 6.45) is -0.0275. The highest BCUT2D eigenvalue weighted by atomic mass is 16.5. The van der Waals surface area contributed by atoms with Crippen molar-refractivity contribution in [2.75, 3.05) is 46.0 Å². The summed E-state index contributed by atoms with van der Waals surface area (Å²) in [5.41, 5.74) is 0.733. The molecule has 0 aliphatic carbocycles. The predicted molar refractivity (Wildman–Crippen MR) is 103 cm³/mol. The van der Waals surface area contributed by atoms with Crippen molar-refractivity contribution in [3.8, 4) is 5.75 Å². The van der Waals surface area contributed by atoms with Gasteiger partial charge < -0.3 is 19.0 Å². The van der Waals surface area contributed by atoms with Gasteiger partial charge in [0.25, 0.3) is 0 Å². The summed E-state index contributed by atoms with van der Waals surface area (Å²) in [5, 5.41) is 10.2. The summed E-state index contributed by atoms with van der Waals surface area (Å²) in [5.74, 6) is 0.602. The first-order valence-electron chi connectivity index (χ1n) is 9.73. The van der Waals surface area contributed by atoms with Crippen molar-refractivity contribution < 1.29 is 19.0 Å². The maximum absolute atomic E-state index is 12.2. The molecule has 0 saturated carbocycles. The van der Waals surface area contributed by atoms with Gasteiger partial charge in [-0.2, -0.15) is 0 Å². The highest BCUT2D eigenvalue weighted by molar-refractivity contribution is 5.25. The van der Waals surface area contributed by atoms with Crippen molar-refractivity contribution >= 4 is 0 Å². The van der Waals surface area contributed by atoms with E-state index in [1.54, 1.807) is 0 Å². The van der Waals surface area contributed by atoms with Gasteiger partial charge in [-0.3, -0.25) is 14.6 Å². The topological polar surface area (TPSA) is 75.4 Å². The Kier molecular flexibility index (Phi) is 6.07. The van der Waals surface area contributed by atoms with Crippen LogP contribution in [0.2, 0.25) is 0 Å². The molecule has 0 amide bonds. The monoisotopic (exact) mass is 386 g/mol. The maximum atomic E-state index is 12.2. The SMILES string of the molecule is O=c1cc(CN2CCOCC2)oc(CN2CCOC(c3ccccc3)C2)c1O. The summed E-state index contributed by atoms with van der Waals surface area (Å²) in [4.78, 5) is 16.6. The number of benzene rings is 1. The van der Waals surface area contributed by atoms with Gasteiger partial charge in [0.1, 0.15) is 5.76 Å². The molecule has 2 aromatic rings. The Balaban J connectivity index is 1.46. The van der Waals surface area contributed by atoms with Gasteiger partial charge in [0.15, 0.2) is 5.76 Å². The summed E-state index contributed by atoms with van der Waals surface area (Å²) in [7, 11) is 0. The van der Waals surface area contributed by atoms with Gasteiger partial charge >= 0.3 is 0 Å². The number of hydrogen-bond acceptors (Lipinski definition) is 7. The molecule has 2 saturated heterocycles. The first-order valence-corrected chi connectivity index (χ1v) is 9.73. The molecule has 4 rings (SSSR count). The number of morpholine rings is 2. The molecular formula is C21H26N2O5. The van der Waals surface area contributed by atoms with E-state index in [1.807, 2.05) is 18.2 Å². The third kappa shape index (κ3) is 4.62. The van der Waals surface area contributed by atoms with Crippen molar-refractivity contribution in [2.24, 2.45) is 0 Å². The van der Waals surface area contributed by atoms with Gasteiger partial charge in [-0.25, -0.2) is 0 Å². The molecule has 2 fully saturated rings. The quantitative estimate of drug-likeness (QED) is 0.839. The van der Waals surface area contributed by atoms with E-state index in [0.717, 1.165) is 25.2 Å². The highest BCUT2D eigenvalue weighted by Crippen LogP contribution is 2.25. The predicted octanol–water partition coefficient (Wildman–Crippen LogP) is 1.75. The van der Waals surface area contributed by atoms with Crippen molar-refractivity contribution in [2.45, 2.75) is 19.2 Å². The van der Waals surface area contributed by atoms with Crippen molar-refractivity contribution in [1.29, 1.82) is 0 Å². The number of rotatable bonds is 5. The van der Waals surface area contributed by atoms with Crippen LogP contribution in [0.15, 0.2) is 45.6 Å². The molecule has 0 radical (unpaired) electrons. The lowest BCUT2D eigenvalue weighted by Gasteiger charge is -2.33. The van der Waals surface area contributed by atoms with Crippen molar-refractivity contribution in [1.82, 2.24) is 9.80 Å². The van der Waals surface area contributed by atoms with Gasteiger partial charge in [-0.15, -0.1) is 0 Å². The minimum atomic E-state index is -0.391. The van der Waals surface area contributed by atoms with Crippen LogP contribution in [0.5, 0.6) is 5.75 Å². The molecule has 1 aromatic heterocycles. The van der Waals surface area contributed by atoms with Crippen LogP contribution in [0.1, 0.15) is 23.2 Å². The number of aromatic hydroxyl groups is 1. The van der Waals surface area contributed by atoms with E-state index in [4.69, 9.17) is 13.9 Å². The van der Waals surface area contributed by atoms with Crippen LogP contribution < -0.4 is 5.43 Å². The molecule has 1 atom stereocenters. The smallest absolute Gasteiger partial charge is 0.227 e. The fraction of sp³-hybridized carbons (Fsp3) is 0.476. The maximum Gasteiger partial charge on any atom is 0.227 e. The molecule has 1 N–H and O–H groups in total. The fourth-order valence-electron chi connectivity index (χ4n) is 3.67. The molecule has 0 bridgehead atoms. The van der Waals surface area contributed by atoms with E-state index < -0.39 is 5.43 Å². The average Bonchev–Trinajstić information content (AvgIpc) is 2.73. The van der Waals surface area contributed by atoms with E-state index in [1.165, 1.54) is 6.07 Å². The van der Waals surface area contributed by atoms with E-state index in [0.29, 0.717) is 51.0 Å². The van der Waals surface area contributed by atoms with Crippen LogP contribution in [0.25, 0.3) is 0 Å². The average molecular weight is 386 g/mol. The third-order valence-electron chi connectivity index (χ3n) is 5.22. The molecule has 7 nitrogen and oxygen atoms in total. The number of ether oxygens (including phenoxy) is 2. The van der Waals surface area contributed by atoms with E-state index in [2.05, 4.69) is 21.9 Å². The first-order chi connectivity index (χ1) is 13.7. The fourth-order valence-corrected chi connectivity index (χ4v) is 3.67. The Bertz CT molecular complexity index is 832. The molecule has 1 aromatic carbocycles. The zero-order valence-electron chi connectivity index (χ0n) is 15.9. The molecule has 1 unspecified atom stereocenters. The molecule has 150 valence electrons. The normalized spacial score (nSPS) is 21.6. The summed E-state index contributed by atoms with van der Waals surface area (Å²) in [6.45, 7) is 5.91. The molecule has 3 heterocycles. The van der Waals surface area contributed by atoms with Crippen LogP contribution >= 0.6 is 0 Å². The van der Waals surface area contributed by atoms with E-state index in [9.17, 15) is 9.90 Å².